The third-order valence-corrected chi connectivity index (χ3v) is 4.59. The summed E-state index contributed by atoms with van der Waals surface area (Å²) in [6.45, 7) is 0. The van der Waals surface area contributed by atoms with Crippen LogP contribution in [0.3, 0.4) is 0 Å². The smallest absolute Gasteiger partial charge is 0.254 e. The summed E-state index contributed by atoms with van der Waals surface area (Å²) in [6.07, 6.45) is 1.79. The molecule has 0 atom stereocenters. The Morgan fingerprint density at radius 1 is 0.964 bits per heavy atom. The SMILES string of the molecule is Cn1c(=O)c(Cc2ccc(F)cc2)cc2cnnc(-c3ccc(F)cc3F)c21. The second-order valence-corrected chi connectivity index (χ2v) is 6.46. The number of aromatic nitrogens is 3. The first-order valence-corrected chi connectivity index (χ1v) is 8.48. The number of rotatable bonds is 3. The van der Waals surface area contributed by atoms with Crippen molar-refractivity contribution >= 4 is 10.9 Å². The average Bonchev–Trinajstić information content (AvgIpc) is 2.67. The van der Waals surface area contributed by atoms with E-state index in [-0.39, 0.29) is 22.6 Å². The normalized spacial score (nSPS) is 11.1. The molecule has 4 rings (SSSR count). The van der Waals surface area contributed by atoms with Gasteiger partial charge in [0.2, 0.25) is 0 Å². The molecule has 2 heterocycles. The monoisotopic (exact) mass is 381 g/mol. The molecule has 2 aromatic heterocycles. The highest BCUT2D eigenvalue weighted by Crippen LogP contribution is 2.28. The van der Waals surface area contributed by atoms with Crippen LogP contribution in [0.2, 0.25) is 0 Å². The zero-order valence-corrected chi connectivity index (χ0v) is 14.8. The van der Waals surface area contributed by atoms with Gasteiger partial charge in [-0.05, 0) is 35.9 Å². The fourth-order valence-corrected chi connectivity index (χ4v) is 3.23. The standard InChI is InChI=1S/C21H14F3N3O/c1-27-20-14(9-13(21(27)28)8-12-2-4-15(22)5-3-12)11-25-26-19(20)17-7-6-16(23)10-18(17)24/h2-7,9-11H,8H2,1H3. The van der Waals surface area contributed by atoms with Gasteiger partial charge in [-0.25, -0.2) is 13.2 Å². The molecule has 0 N–H and O–H groups in total. The second-order valence-electron chi connectivity index (χ2n) is 6.46. The molecular formula is C21H14F3N3O. The fourth-order valence-electron chi connectivity index (χ4n) is 3.23. The Labute approximate surface area is 157 Å². The predicted molar refractivity (Wildman–Crippen MR) is 99.3 cm³/mol. The van der Waals surface area contributed by atoms with Crippen LogP contribution in [-0.2, 0) is 13.5 Å². The molecule has 0 radical (unpaired) electrons. The molecule has 0 amide bonds. The van der Waals surface area contributed by atoms with Crippen LogP contribution in [0.4, 0.5) is 13.2 Å². The molecule has 28 heavy (non-hydrogen) atoms. The van der Waals surface area contributed by atoms with Crippen molar-refractivity contribution in [2.24, 2.45) is 7.05 Å². The lowest BCUT2D eigenvalue weighted by Gasteiger charge is -2.12. The number of nitrogens with zero attached hydrogens (tertiary/aromatic N) is 3. The van der Waals surface area contributed by atoms with Crippen molar-refractivity contribution in [1.29, 1.82) is 0 Å². The Balaban J connectivity index is 1.89. The zero-order valence-electron chi connectivity index (χ0n) is 14.8. The molecule has 2 aromatic carbocycles. The molecule has 0 bridgehead atoms. The van der Waals surface area contributed by atoms with E-state index in [9.17, 15) is 18.0 Å². The van der Waals surface area contributed by atoms with Crippen LogP contribution < -0.4 is 5.56 Å². The molecule has 0 unspecified atom stereocenters. The number of hydrogen-bond acceptors (Lipinski definition) is 3. The molecule has 4 aromatic rings. The Morgan fingerprint density at radius 3 is 2.39 bits per heavy atom. The van der Waals surface area contributed by atoms with E-state index in [0.29, 0.717) is 22.9 Å². The van der Waals surface area contributed by atoms with Crippen LogP contribution in [0.5, 0.6) is 0 Å². The van der Waals surface area contributed by atoms with E-state index < -0.39 is 11.6 Å². The Morgan fingerprint density at radius 2 is 1.68 bits per heavy atom. The van der Waals surface area contributed by atoms with E-state index in [1.165, 1.54) is 29.0 Å². The van der Waals surface area contributed by atoms with Crippen molar-refractivity contribution in [3.63, 3.8) is 0 Å². The summed E-state index contributed by atoms with van der Waals surface area (Å²) in [6, 6.07) is 10.7. The summed E-state index contributed by atoms with van der Waals surface area (Å²) in [5.41, 5.74) is 1.59. The van der Waals surface area contributed by atoms with Crippen LogP contribution >= 0.6 is 0 Å². The largest absolute Gasteiger partial charge is 0.309 e. The molecule has 4 nitrogen and oxygen atoms in total. The Hall–Kier alpha value is -3.48. The van der Waals surface area contributed by atoms with Crippen LogP contribution in [-0.4, -0.2) is 14.8 Å². The van der Waals surface area contributed by atoms with Gasteiger partial charge in [0.05, 0.1) is 11.7 Å². The maximum atomic E-state index is 14.3. The minimum absolute atomic E-state index is 0.0563. The van der Waals surface area contributed by atoms with Gasteiger partial charge in [0, 0.05) is 36.0 Å². The van der Waals surface area contributed by atoms with Gasteiger partial charge in [-0.15, -0.1) is 5.10 Å². The molecule has 0 saturated heterocycles. The average molecular weight is 381 g/mol. The summed E-state index contributed by atoms with van der Waals surface area (Å²) >= 11 is 0. The number of aryl methyl sites for hydroxylation is 1. The minimum Gasteiger partial charge on any atom is -0.309 e. The van der Waals surface area contributed by atoms with Gasteiger partial charge in [-0.2, -0.15) is 5.10 Å². The summed E-state index contributed by atoms with van der Waals surface area (Å²) < 4.78 is 42.0. The van der Waals surface area contributed by atoms with Crippen molar-refractivity contribution < 1.29 is 13.2 Å². The highest BCUT2D eigenvalue weighted by molar-refractivity contribution is 5.91. The lowest BCUT2D eigenvalue weighted by molar-refractivity contribution is 0.585. The van der Waals surface area contributed by atoms with E-state index in [4.69, 9.17) is 0 Å². The van der Waals surface area contributed by atoms with Crippen molar-refractivity contribution in [3.05, 3.63) is 93.7 Å². The summed E-state index contributed by atoms with van der Waals surface area (Å²) in [4.78, 5) is 12.9. The Bertz CT molecular complexity index is 1250. The molecule has 0 aliphatic rings. The van der Waals surface area contributed by atoms with Gasteiger partial charge in [-0.1, -0.05) is 12.1 Å². The molecule has 0 spiro atoms. The first-order valence-electron chi connectivity index (χ1n) is 8.48. The molecular weight excluding hydrogens is 367 g/mol. The van der Waals surface area contributed by atoms with Gasteiger partial charge >= 0.3 is 0 Å². The number of benzene rings is 2. The zero-order chi connectivity index (χ0) is 19.8. The topological polar surface area (TPSA) is 47.8 Å². The van der Waals surface area contributed by atoms with Crippen molar-refractivity contribution in [2.75, 3.05) is 0 Å². The van der Waals surface area contributed by atoms with Crippen molar-refractivity contribution in [3.8, 4) is 11.3 Å². The third kappa shape index (κ3) is 3.15. The van der Waals surface area contributed by atoms with E-state index in [1.807, 2.05) is 0 Å². The fraction of sp³-hybridized carbons (Fsp3) is 0.0952. The summed E-state index contributed by atoms with van der Waals surface area (Å²) in [5.74, 6) is -1.84. The van der Waals surface area contributed by atoms with E-state index in [0.717, 1.165) is 17.7 Å². The first-order chi connectivity index (χ1) is 13.4. The van der Waals surface area contributed by atoms with E-state index >= 15 is 0 Å². The summed E-state index contributed by atoms with van der Waals surface area (Å²) in [5, 5.41) is 8.48. The quantitative estimate of drug-likeness (QED) is 0.539. The maximum Gasteiger partial charge on any atom is 0.254 e. The maximum absolute atomic E-state index is 14.3. The van der Waals surface area contributed by atoms with Gasteiger partial charge in [0.1, 0.15) is 23.1 Å². The van der Waals surface area contributed by atoms with Crippen molar-refractivity contribution in [1.82, 2.24) is 14.8 Å². The summed E-state index contributed by atoms with van der Waals surface area (Å²) in [7, 11) is 1.56. The molecule has 140 valence electrons. The highest BCUT2D eigenvalue weighted by Gasteiger charge is 2.16. The molecule has 0 saturated carbocycles. The molecule has 7 heteroatoms. The minimum atomic E-state index is -0.787. The van der Waals surface area contributed by atoms with Crippen LogP contribution in [0.1, 0.15) is 11.1 Å². The van der Waals surface area contributed by atoms with Gasteiger partial charge in [-0.3, -0.25) is 4.79 Å². The van der Waals surface area contributed by atoms with E-state index in [2.05, 4.69) is 10.2 Å². The second kappa shape index (κ2) is 6.92. The highest BCUT2D eigenvalue weighted by atomic mass is 19.1. The van der Waals surface area contributed by atoms with Gasteiger partial charge < -0.3 is 4.57 Å². The molecule has 0 fully saturated rings. The number of pyridine rings is 1. The number of halogens is 3. The third-order valence-electron chi connectivity index (χ3n) is 4.59. The van der Waals surface area contributed by atoms with Crippen LogP contribution in [0.25, 0.3) is 22.2 Å². The predicted octanol–water partition coefficient (Wildman–Crippen LogP) is 4.00. The van der Waals surface area contributed by atoms with Gasteiger partial charge in [0.15, 0.2) is 0 Å². The van der Waals surface area contributed by atoms with Crippen LogP contribution in [0.15, 0.2) is 59.5 Å². The number of fused-ring (bicyclic) bond motifs is 1. The Kier molecular flexibility index (Phi) is 4.43. The first kappa shape index (κ1) is 17.9. The lowest BCUT2D eigenvalue weighted by Crippen LogP contribution is -2.22. The lowest BCUT2D eigenvalue weighted by atomic mass is 10.0. The number of hydrogen-bond donors (Lipinski definition) is 0. The van der Waals surface area contributed by atoms with Crippen molar-refractivity contribution in [2.45, 2.75) is 6.42 Å². The molecule has 0 aliphatic heterocycles. The van der Waals surface area contributed by atoms with Crippen LogP contribution in [0, 0.1) is 17.5 Å². The molecule has 0 aliphatic carbocycles. The van der Waals surface area contributed by atoms with E-state index in [1.54, 1.807) is 25.2 Å². The van der Waals surface area contributed by atoms with Gasteiger partial charge in [0.25, 0.3) is 5.56 Å².